The number of carbonyl (C=O) groups is 1. The summed E-state index contributed by atoms with van der Waals surface area (Å²) in [5, 5.41) is 4.29. The van der Waals surface area contributed by atoms with Crippen LogP contribution < -0.4 is 5.73 Å². The molecule has 1 aromatic heterocycles. The third-order valence-corrected chi connectivity index (χ3v) is 3.69. The fourth-order valence-electron chi connectivity index (χ4n) is 2.47. The Hall–Kier alpha value is -1.69. The second-order valence-corrected chi connectivity index (χ2v) is 5.15. The van der Waals surface area contributed by atoms with E-state index >= 15 is 0 Å². The fourth-order valence-corrected chi connectivity index (χ4v) is 2.47. The van der Waals surface area contributed by atoms with Crippen LogP contribution in [-0.2, 0) is 13.0 Å². The maximum atomic E-state index is 12.5. The van der Waals surface area contributed by atoms with Crippen LogP contribution in [0.4, 0.5) is 4.39 Å². The summed E-state index contributed by atoms with van der Waals surface area (Å²) in [5.41, 5.74) is 7.37. The molecule has 0 radical (unpaired) electrons. The van der Waals surface area contributed by atoms with Crippen molar-refractivity contribution in [2.24, 2.45) is 5.73 Å². The van der Waals surface area contributed by atoms with Crippen LogP contribution in [0, 0.1) is 0 Å². The Labute approximate surface area is 110 Å². The molecule has 5 nitrogen and oxygen atoms in total. The van der Waals surface area contributed by atoms with Crippen LogP contribution in [0.3, 0.4) is 0 Å². The molecule has 1 amide bonds. The number of carbonyl (C=O) groups excluding carboxylic acids is 1. The highest BCUT2D eigenvalue weighted by Gasteiger charge is 2.37. The minimum absolute atomic E-state index is 0.0148. The van der Waals surface area contributed by atoms with Gasteiger partial charge in [-0.3, -0.25) is 9.48 Å². The average Bonchev–Trinajstić information content (AvgIpc) is 3.16. The van der Waals surface area contributed by atoms with Crippen LogP contribution in [0.2, 0.25) is 0 Å². The van der Waals surface area contributed by atoms with Crippen molar-refractivity contribution < 1.29 is 9.18 Å². The van der Waals surface area contributed by atoms with Gasteiger partial charge in [0.25, 0.3) is 5.91 Å². The van der Waals surface area contributed by atoms with E-state index < -0.39 is 0 Å². The molecular formula is C13H17FN4O. The van der Waals surface area contributed by atoms with E-state index in [-0.39, 0.29) is 12.5 Å². The summed E-state index contributed by atoms with van der Waals surface area (Å²) in [7, 11) is 0. The number of aromatic nitrogens is 2. The number of rotatable bonds is 4. The van der Waals surface area contributed by atoms with Gasteiger partial charge in [-0.2, -0.15) is 5.10 Å². The number of halogens is 1. The first-order chi connectivity index (χ1) is 9.22. The van der Waals surface area contributed by atoms with E-state index in [0.717, 1.165) is 31.4 Å². The Morgan fingerprint density at radius 2 is 2.37 bits per heavy atom. The molecule has 0 bridgehead atoms. The number of nitrogens with zero attached hydrogens (tertiary/aromatic N) is 3. The average molecular weight is 264 g/mol. The topological polar surface area (TPSA) is 64.2 Å². The molecule has 0 aromatic carbocycles. The second-order valence-electron chi connectivity index (χ2n) is 5.15. The standard InChI is InChI=1S/C13H17FN4O/c14-5-9(6-15)7-17-8-10-3-4-18(11-1-2-11)13(19)12(10)16-17/h5,8,11H,1-4,6-7,15H2/b9-5+. The smallest absolute Gasteiger partial charge is 0.274 e. The van der Waals surface area contributed by atoms with Crippen LogP contribution in [-0.4, -0.2) is 39.7 Å². The Balaban J connectivity index is 1.81. The van der Waals surface area contributed by atoms with Gasteiger partial charge in [0.1, 0.15) is 0 Å². The van der Waals surface area contributed by atoms with Crippen molar-refractivity contribution in [2.75, 3.05) is 13.1 Å². The molecule has 19 heavy (non-hydrogen) atoms. The molecular weight excluding hydrogens is 247 g/mol. The molecule has 0 saturated heterocycles. The molecule has 0 atom stereocenters. The Kier molecular flexibility index (Phi) is 3.10. The van der Waals surface area contributed by atoms with E-state index in [9.17, 15) is 9.18 Å². The van der Waals surface area contributed by atoms with E-state index in [2.05, 4.69) is 5.10 Å². The van der Waals surface area contributed by atoms with Gasteiger partial charge in [0.15, 0.2) is 5.69 Å². The molecule has 6 heteroatoms. The lowest BCUT2D eigenvalue weighted by Gasteiger charge is -2.25. The molecule has 1 aromatic rings. The number of fused-ring (bicyclic) bond motifs is 1. The molecule has 1 aliphatic heterocycles. The van der Waals surface area contributed by atoms with Gasteiger partial charge in [0.05, 0.1) is 12.9 Å². The van der Waals surface area contributed by atoms with Gasteiger partial charge >= 0.3 is 0 Å². The SMILES string of the molecule is NC/C(=C\F)Cn1cc2c(n1)C(=O)N(C1CC1)CC2. The summed E-state index contributed by atoms with van der Waals surface area (Å²) in [6, 6.07) is 0.413. The van der Waals surface area contributed by atoms with Gasteiger partial charge in [-0.15, -0.1) is 0 Å². The van der Waals surface area contributed by atoms with Gasteiger partial charge in [-0.05, 0) is 24.8 Å². The van der Waals surface area contributed by atoms with E-state index in [4.69, 9.17) is 5.73 Å². The minimum atomic E-state index is 0.0148. The maximum Gasteiger partial charge on any atom is 0.274 e. The molecule has 0 spiro atoms. The van der Waals surface area contributed by atoms with Crippen LogP contribution in [0.15, 0.2) is 18.1 Å². The zero-order valence-electron chi connectivity index (χ0n) is 10.7. The van der Waals surface area contributed by atoms with Crippen LogP contribution >= 0.6 is 0 Å². The van der Waals surface area contributed by atoms with Crippen molar-refractivity contribution in [3.63, 3.8) is 0 Å². The third-order valence-electron chi connectivity index (χ3n) is 3.69. The highest BCUT2D eigenvalue weighted by atomic mass is 19.1. The molecule has 1 saturated carbocycles. The van der Waals surface area contributed by atoms with E-state index in [1.807, 2.05) is 11.1 Å². The number of amides is 1. The lowest BCUT2D eigenvalue weighted by Crippen LogP contribution is -2.39. The summed E-state index contributed by atoms with van der Waals surface area (Å²) >= 11 is 0. The Morgan fingerprint density at radius 1 is 1.58 bits per heavy atom. The fraction of sp³-hybridized carbons (Fsp3) is 0.538. The molecule has 1 aliphatic carbocycles. The lowest BCUT2D eigenvalue weighted by molar-refractivity contribution is 0.0720. The predicted octanol–water partition coefficient (Wildman–Crippen LogP) is 0.856. The van der Waals surface area contributed by atoms with Gasteiger partial charge in [0, 0.05) is 30.9 Å². The molecule has 2 aliphatic rings. The van der Waals surface area contributed by atoms with E-state index in [1.54, 1.807) is 4.68 Å². The van der Waals surface area contributed by atoms with Crippen molar-refractivity contribution in [1.29, 1.82) is 0 Å². The number of hydrogen-bond donors (Lipinski definition) is 1. The van der Waals surface area contributed by atoms with Crippen LogP contribution in [0.5, 0.6) is 0 Å². The first kappa shape index (κ1) is 12.3. The quantitative estimate of drug-likeness (QED) is 0.877. The van der Waals surface area contributed by atoms with Crippen LogP contribution in [0.25, 0.3) is 0 Å². The molecule has 2 N–H and O–H groups in total. The van der Waals surface area contributed by atoms with Crippen molar-refractivity contribution in [2.45, 2.75) is 31.8 Å². The zero-order valence-corrected chi connectivity index (χ0v) is 10.7. The molecule has 1 fully saturated rings. The number of hydrogen-bond acceptors (Lipinski definition) is 3. The second kappa shape index (κ2) is 4.77. The maximum absolute atomic E-state index is 12.5. The van der Waals surface area contributed by atoms with Crippen molar-refractivity contribution in [3.05, 3.63) is 29.4 Å². The summed E-state index contributed by atoms with van der Waals surface area (Å²) in [6.07, 6.45) is 5.37. The summed E-state index contributed by atoms with van der Waals surface area (Å²) in [6.45, 7) is 1.23. The van der Waals surface area contributed by atoms with Gasteiger partial charge in [-0.1, -0.05) is 0 Å². The Morgan fingerprint density at radius 3 is 3.00 bits per heavy atom. The van der Waals surface area contributed by atoms with Crippen molar-refractivity contribution >= 4 is 5.91 Å². The lowest BCUT2D eigenvalue weighted by atomic mass is 10.1. The normalized spacial score (nSPS) is 19.8. The summed E-state index contributed by atoms with van der Waals surface area (Å²) < 4.78 is 14.1. The highest BCUT2D eigenvalue weighted by molar-refractivity contribution is 5.95. The first-order valence-electron chi connectivity index (χ1n) is 6.58. The minimum Gasteiger partial charge on any atom is -0.334 e. The van der Waals surface area contributed by atoms with Crippen LogP contribution in [0.1, 0.15) is 28.9 Å². The molecule has 3 rings (SSSR count). The summed E-state index contributed by atoms with van der Waals surface area (Å²) in [5.74, 6) is 0.0148. The van der Waals surface area contributed by atoms with E-state index in [0.29, 0.717) is 30.2 Å². The molecule has 2 heterocycles. The summed E-state index contributed by atoms with van der Waals surface area (Å²) in [4.78, 5) is 14.2. The van der Waals surface area contributed by atoms with Gasteiger partial charge < -0.3 is 10.6 Å². The van der Waals surface area contributed by atoms with Gasteiger partial charge in [-0.25, -0.2) is 4.39 Å². The molecule has 0 unspecified atom stereocenters. The molecule has 102 valence electrons. The van der Waals surface area contributed by atoms with E-state index in [1.165, 1.54) is 0 Å². The largest absolute Gasteiger partial charge is 0.334 e. The zero-order chi connectivity index (χ0) is 13.4. The first-order valence-corrected chi connectivity index (χ1v) is 6.58. The van der Waals surface area contributed by atoms with Crippen molar-refractivity contribution in [1.82, 2.24) is 14.7 Å². The van der Waals surface area contributed by atoms with Gasteiger partial charge in [0.2, 0.25) is 0 Å². The highest BCUT2D eigenvalue weighted by Crippen LogP contribution is 2.31. The third kappa shape index (κ3) is 2.28. The van der Waals surface area contributed by atoms with Crippen molar-refractivity contribution in [3.8, 4) is 0 Å². The number of nitrogens with two attached hydrogens (primary N) is 1. The predicted molar refractivity (Wildman–Crippen MR) is 68.2 cm³/mol. The Bertz CT molecular complexity index is 533. The monoisotopic (exact) mass is 264 g/mol.